The van der Waals surface area contributed by atoms with E-state index < -0.39 is 24.2 Å². The Bertz CT molecular complexity index is 606. The fourth-order valence-corrected chi connectivity index (χ4v) is 2.62. The van der Waals surface area contributed by atoms with E-state index in [4.69, 9.17) is 0 Å². The van der Waals surface area contributed by atoms with Crippen molar-refractivity contribution in [2.45, 2.75) is 44.9 Å². The lowest BCUT2D eigenvalue weighted by atomic mass is 9.97. The summed E-state index contributed by atoms with van der Waals surface area (Å²) >= 11 is 0. The van der Waals surface area contributed by atoms with Crippen LogP contribution in [-0.4, -0.2) is 51.5 Å². The molecule has 1 N–H and O–H groups in total. The monoisotopic (exact) mass is 330 g/mol. The minimum absolute atomic E-state index is 0.155. The third-order valence-electron chi connectivity index (χ3n) is 3.61. The highest BCUT2D eigenvalue weighted by atomic mass is 19.4. The van der Waals surface area contributed by atoms with Gasteiger partial charge >= 0.3 is 6.18 Å². The van der Waals surface area contributed by atoms with Crippen LogP contribution in [-0.2, 0) is 4.79 Å². The van der Waals surface area contributed by atoms with Crippen LogP contribution < -0.4 is 5.32 Å². The van der Waals surface area contributed by atoms with Crippen LogP contribution in [0.15, 0.2) is 12.3 Å². The van der Waals surface area contributed by atoms with E-state index in [0.29, 0.717) is 10.6 Å². The van der Waals surface area contributed by atoms with Crippen LogP contribution in [0, 0.1) is 6.92 Å². The molecule has 9 heteroatoms. The van der Waals surface area contributed by atoms with Gasteiger partial charge in [-0.2, -0.15) is 13.2 Å². The number of likely N-dealkylation sites (tertiary alicyclic amines) is 1. The SMILES string of the molecule is CC(=O)NC1CCC(C(F)(F)F)N(C(=O)c2nccc(C)n2)C1. The lowest BCUT2D eigenvalue weighted by molar-refractivity contribution is -0.184. The maximum Gasteiger partial charge on any atom is 0.408 e. The van der Waals surface area contributed by atoms with Gasteiger partial charge < -0.3 is 10.2 Å². The van der Waals surface area contributed by atoms with Gasteiger partial charge in [-0.3, -0.25) is 9.59 Å². The second kappa shape index (κ2) is 6.51. The first kappa shape index (κ1) is 17.2. The molecule has 0 radical (unpaired) electrons. The molecule has 6 nitrogen and oxygen atoms in total. The number of nitrogens with zero attached hydrogens (tertiary/aromatic N) is 3. The molecule has 1 fully saturated rings. The second-order valence-corrected chi connectivity index (χ2v) is 5.51. The van der Waals surface area contributed by atoms with Crippen molar-refractivity contribution in [1.82, 2.24) is 20.2 Å². The van der Waals surface area contributed by atoms with Gasteiger partial charge in [-0.1, -0.05) is 0 Å². The largest absolute Gasteiger partial charge is 0.408 e. The van der Waals surface area contributed by atoms with E-state index in [1.807, 2.05) is 0 Å². The molecule has 0 spiro atoms. The molecular weight excluding hydrogens is 313 g/mol. The third-order valence-corrected chi connectivity index (χ3v) is 3.61. The van der Waals surface area contributed by atoms with Crippen LogP contribution in [0.1, 0.15) is 36.1 Å². The van der Waals surface area contributed by atoms with Gasteiger partial charge in [0, 0.05) is 31.4 Å². The number of rotatable bonds is 2. The van der Waals surface area contributed by atoms with Gasteiger partial charge in [-0.15, -0.1) is 0 Å². The molecule has 2 atom stereocenters. The summed E-state index contributed by atoms with van der Waals surface area (Å²) in [6, 6.07) is -0.863. The van der Waals surface area contributed by atoms with Crippen molar-refractivity contribution in [3.63, 3.8) is 0 Å². The van der Waals surface area contributed by atoms with Gasteiger partial charge in [0.15, 0.2) is 0 Å². The number of hydrogen-bond donors (Lipinski definition) is 1. The number of carbonyl (C=O) groups excluding carboxylic acids is 2. The second-order valence-electron chi connectivity index (χ2n) is 5.51. The summed E-state index contributed by atoms with van der Waals surface area (Å²) in [5.41, 5.74) is 0.488. The summed E-state index contributed by atoms with van der Waals surface area (Å²) < 4.78 is 39.6. The van der Waals surface area contributed by atoms with Crippen LogP contribution in [0.25, 0.3) is 0 Å². The highest BCUT2D eigenvalue weighted by Gasteiger charge is 2.48. The Morgan fingerprint density at radius 1 is 1.35 bits per heavy atom. The summed E-state index contributed by atoms with van der Waals surface area (Å²) in [7, 11) is 0. The first-order chi connectivity index (χ1) is 10.7. The van der Waals surface area contributed by atoms with E-state index in [1.165, 1.54) is 13.1 Å². The molecular formula is C14H17F3N4O2. The third kappa shape index (κ3) is 4.17. The van der Waals surface area contributed by atoms with E-state index in [2.05, 4.69) is 15.3 Å². The van der Waals surface area contributed by atoms with E-state index >= 15 is 0 Å². The van der Waals surface area contributed by atoms with Crippen LogP contribution in [0.5, 0.6) is 0 Å². The van der Waals surface area contributed by atoms with Crippen LogP contribution in [0.4, 0.5) is 13.2 Å². The lowest BCUT2D eigenvalue weighted by Gasteiger charge is -2.40. The summed E-state index contributed by atoms with van der Waals surface area (Å²) in [4.78, 5) is 31.9. The molecule has 1 aromatic heterocycles. The highest BCUT2D eigenvalue weighted by molar-refractivity contribution is 5.91. The zero-order valence-electron chi connectivity index (χ0n) is 12.7. The number of piperidine rings is 1. The summed E-state index contributed by atoms with van der Waals surface area (Å²) in [6.07, 6.45) is -3.33. The first-order valence-electron chi connectivity index (χ1n) is 7.13. The fraction of sp³-hybridized carbons (Fsp3) is 0.571. The van der Waals surface area contributed by atoms with Crippen molar-refractivity contribution in [1.29, 1.82) is 0 Å². The maximum atomic E-state index is 13.2. The standard InChI is InChI=1S/C14H17F3N4O2/c1-8-5-6-18-12(19-8)13(23)21-7-10(20-9(2)22)3-4-11(21)14(15,16)17/h5-6,10-11H,3-4,7H2,1-2H3,(H,20,22). The number of hydrogen-bond acceptors (Lipinski definition) is 4. The number of carbonyl (C=O) groups is 2. The van der Waals surface area contributed by atoms with Gasteiger partial charge in [0.25, 0.3) is 5.91 Å². The first-order valence-corrected chi connectivity index (χ1v) is 7.13. The van der Waals surface area contributed by atoms with Crippen LogP contribution in [0.3, 0.4) is 0 Å². The predicted molar refractivity (Wildman–Crippen MR) is 74.5 cm³/mol. The van der Waals surface area contributed by atoms with Gasteiger partial charge in [0.1, 0.15) is 6.04 Å². The molecule has 1 saturated heterocycles. The number of alkyl halides is 3. The zero-order valence-corrected chi connectivity index (χ0v) is 12.7. The average Bonchev–Trinajstić information content (AvgIpc) is 2.44. The van der Waals surface area contributed by atoms with Crippen molar-refractivity contribution >= 4 is 11.8 Å². The van der Waals surface area contributed by atoms with Crippen molar-refractivity contribution in [2.75, 3.05) is 6.54 Å². The molecule has 23 heavy (non-hydrogen) atoms. The summed E-state index contributed by atoms with van der Waals surface area (Å²) in [5.74, 6) is -1.51. The molecule has 0 aromatic carbocycles. The Morgan fingerprint density at radius 2 is 2.04 bits per heavy atom. The predicted octanol–water partition coefficient (Wildman–Crippen LogP) is 1.46. The normalized spacial score (nSPS) is 21.9. The van der Waals surface area contributed by atoms with Crippen LogP contribution >= 0.6 is 0 Å². The van der Waals surface area contributed by atoms with Crippen molar-refractivity contribution < 1.29 is 22.8 Å². The molecule has 126 valence electrons. The molecule has 2 unspecified atom stereocenters. The smallest absolute Gasteiger partial charge is 0.352 e. The molecule has 2 rings (SSSR count). The number of aromatic nitrogens is 2. The Morgan fingerprint density at radius 3 is 2.61 bits per heavy atom. The summed E-state index contributed by atoms with van der Waals surface area (Å²) in [5, 5.41) is 2.56. The number of amides is 2. The van der Waals surface area contributed by atoms with Crippen LogP contribution in [0.2, 0.25) is 0 Å². The van der Waals surface area contributed by atoms with E-state index in [1.54, 1.807) is 13.0 Å². The van der Waals surface area contributed by atoms with E-state index in [-0.39, 0.29) is 31.1 Å². The minimum atomic E-state index is -4.54. The fourth-order valence-electron chi connectivity index (χ4n) is 2.62. The van der Waals surface area contributed by atoms with Crippen molar-refractivity contribution in [2.24, 2.45) is 0 Å². The number of aryl methyl sites for hydroxylation is 1. The quantitative estimate of drug-likeness (QED) is 0.891. The van der Waals surface area contributed by atoms with Crippen molar-refractivity contribution in [3.05, 3.63) is 23.8 Å². The number of halogens is 3. The Hall–Kier alpha value is -2.19. The Kier molecular flexibility index (Phi) is 4.86. The van der Waals surface area contributed by atoms with Gasteiger partial charge in [0.2, 0.25) is 11.7 Å². The lowest BCUT2D eigenvalue weighted by Crippen LogP contribution is -2.58. The molecule has 1 aromatic rings. The van der Waals surface area contributed by atoms with Crippen molar-refractivity contribution in [3.8, 4) is 0 Å². The molecule has 1 aliphatic rings. The summed E-state index contributed by atoms with van der Waals surface area (Å²) in [6.45, 7) is 2.68. The molecule has 0 bridgehead atoms. The van der Waals surface area contributed by atoms with Gasteiger partial charge in [-0.25, -0.2) is 9.97 Å². The maximum absolute atomic E-state index is 13.2. The highest BCUT2D eigenvalue weighted by Crippen LogP contribution is 2.32. The number of nitrogens with one attached hydrogen (secondary N) is 1. The van der Waals surface area contributed by atoms with Gasteiger partial charge in [-0.05, 0) is 25.8 Å². The topological polar surface area (TPSA) is 75.2 Å². The molecule has 2 heterocycles. The van der Waals surface area contributed by atoms with E-state index in [9.17, 15) is 22.8 Å². The zero-order chi connectivity index (χ0) is 17.2. The molecule has 0 aliphatic carbocycles. The minimum Gasteiger partial charge on any atom is -0.352 e. The van der Waals surface area contributed by atoms with Gasteiger partial charge in [0.05, 0.1) is 0 Å². The average molecular weight is 330 g/mol. The van der Waals surface area contributed by atoms with E-state index in [0.717, 1.165) is 0 Å². The molecule has 2 amide bonds. The molecule has 0 saturated carbocycles. The Labute approximate surface area is 131 Å². The molecule has 1 aliphatic heterocycles. The Balaban J connectivity index is 2.27.